The lowest BCUT2D eigenvalue weighted by Gasteiger charge is -2.14. The van der Waals surface area contributed by atoms with E-state index < -0.39 is 0 Å². The minimum atomic E-state index is 0.323. The first kappa shape index (κ1) is 12.9. The van der Waals surface area contributed by atoms with Gasteiger partial charge in [-0.2, -0.15) is 0 Å². The molecule has 2 aromatic carbocycles. The van der Waals surface area contributed by atoms with Crippen LogP contribution in [-0.4, -0.2) is 0 Å². The van der Waals surface area contributed by atoms with E-state index in [0.29, 0.717) is 6.04 Å². The third kappa shape index (κ3) is 2.61. The molecule has 2 nitrogen and oxygen atoms in total. The van der Waals surface area contributed by atoms with Crippen LogP contribution in [-0.2, 0) is 6.54 Å². The van der Waals surface area contributed by atoms with Crippen LogP contribution >= 0.6 is 0 Å². The number of fused-ring (bicyclic) bond motifs is 1. The summed E-state index contributed by atoms with van der Waals surface area (Å²) in [5.74, 6) is 0. The second-order valence-electron chi connectivity index (χ2n) is 5.27. The van der Waals surface area contributed by atoms with Crippen molar-refractivity contribution in [1.82, 2.24) is 5.32 Å². The minimum absolute atomic E-state index is 0.323. The molecule has 1 aromatic heterocycles. The number of para-hydroxylation sites is 1. The second kappa shape index (κ2) is 5.51. The van der Waals surface area contributed by atoms with Crippen molar-refractivity contribution in [2.45, 2.75) is 26.4 Å². The first-order valence-corrected chi connectivity index (χ1v) is 6.99. The van der Waals surface area contributed by atoms with Crippen molar-refractivity contribution < 1.29 is 4.42 Å². The molecule has 20 heavy (non-hydrogen) atoms. The summed E-state index contributed by atoms with van der Waals surface area (Å²) in [6.07, 6.45) is 1.85. The first-order valence-electron chi connectivity index (χ1n) is 6.99. The van der Waals surface area contributed by atoms with Gasteiger partial charge < -0.3 is 9.73 Å². The fraction of sp³-hybridized carbons (Fsp3) is 0.222. The number of hydrogen-bond donors (Lipinski definition) is 1. The van der Waals surface area contributed by atoms with Crippen molar-refractivity contribution in [2.75, 3.05) is 0 Å². The number of furan rings is 1. The number of hydrogen-bond acceptors (Lipinski definition) is 2. The van der Waals surface area contributed by atoms with Crippen LogP contribution in [0.25, 0.3) is 11.0 Å². The fourth-order valence-corrected chi connectivity index (χ4v) is 2.49. The fourth-order valence-electron chi connectivity index (χ4n) is 2.49. The number of nitrogens with one attached hydrogen (secondary N) is 1. The van der Waals surface area contributed by atoms with Gasteiger partial charge in [-0.05, 0) is 25.5 Å². The molecule has 0 aliphatic heterocycles. The van der Waals surface area contributed by atoms with Gasteiger partial charge in [0.1, 0.15) is 5.58 Å². The van der Waals surface area contributed by atoms with E-state index in [1.807, 2.05) is 24.5 Å². The van der Waals surface area contributed by atoms with Crippen LogP contribution < -0.4 is 5.32 Å². The molecule has 0 aliphatic carbocycles. The van der Waals surface area contributed by atoms with Crippen molar-refractivity contribution >= 4 is 11.0 Å². The Bertz CT molecular complexity index is 714. The van der Waals surface area contributed by atoms with Gasteiger partial charge in [0.15, 0.2) is 0 Å². The zero-order valence-electron chi connectivity index (χ0n) is 11.9. The van der Waals surface area contributed by atoms with Crippen molar-refractivity contribution in [3.63, 3.8) is 0 Å². The van der Waals surface area contributed by atoms with E-state index >= 15 is 0 Å². The largest absolute Gasteiger partial charge is 0.464 e. The van der Waals surface area contributed by atoms with Crippen molar-refractivity contribution in [3.05, 3.63) is 71.5 Å². The molecule has 0 radical (unpaired) electrons. The molecule has 1 N–H and O–H groups in total. The Hall–Kier alpha value is -2.06. The van der Waals surface area contributed by atoms with Gasteiger partial charge in [-0.3, -0.25) is 0 Å². The van der Waals surface area contributed by atoms with Crippen LogP contribution in [0.5, 0.6) is 0 Å². The molecular weight excluding hydrogens is 246 g/mol. The summed E-state index contributed by atoms with van der Waals surface area (Å²) in [5, 5.41) is 4.75. The maximum atomic E-state index is 5.57. The van der Waals surface area contributed by atoms with Crippen molar-refractivity contribution in [3.8, 4) is 0 Å². The SMILES string of the molecule is Cc1cccc([C@H](C)NCc2coc3ccccc23)c1. The van der Waals surface area contributed by atoms with Gasteiger partial charge in [0.25, 0.3) is 0 Å². The number of rotatable bonds is 4. The van der Waals surface area contributed by atoms with E-state index in [-0.39, 0.29) is 0 Å². The van der Waals surface area contributed by atoms with Gasteiger partial charge in [-0.1, -0.05) is 48.0 Å². The molecule has 0 amide bonds. The highest BCUT2D eigenvalue weighted by atomic mass is 16.3. The summed E-state index contributed by atoms with van der Waals surface area (Å²) in [6.45, 7) is 5.13. The molecule has 1 heterocycles. The molecular formula is C18H19NO. The Morgan fingerprint density at radius 1 is 1.10 bits per heavy atom. The first-order chi connectivity index (χ1) is 9.74. The average Bonchev–Trinajstić information content (AvgIpc) is 2.88. The summed E-state index contributed by atoms with van der Waals surface area (Å²) in [4.78, 5) is 0. The summed E-state index contributed by atoms with van der Waals surface area (Å²) in [7, 11) is 0. The molecule has 0 unspecified atom stereocenters. The maximum absolute atomic E-state index is 5.57. The Kier molecular flexibility index (Phi) is 3.57. The Morgan fingerprint density at radius 3 is 2.80 bits per heavy atom. The zero-order chi connectivity index (χ0) is 13.9. The number of aryl methyl sites for hydroxylation is 1. The lowest BCUT2D eigenvalue weighted by Crippen LogP contribution is -2.17. The molecule has 1 atom stereocenters. The highest BCUT2D eigenvalue weighted by molar-refractivity contribution is 5.80. The number of benzene rings is 2. The van der Waals surface area contributed by atoms with Crippen LogP contribution in [0, 0.1) is 6.92 Å². The standard InChI is InChI=1S/C18H19NO/c1-13-6-5-7-15(10-13)14(2)19-11-16-12-20-18-9-4-3-8-17(16)18/h3-10,12,14,19H,11H2,1-2H3/t14-/m0/s1. The van der Waals surface area contributed by atoms with Crippen molar-refractivity contribution in [2.24, 2.45) is 0 Å². The molecule has 0 saturated carbocycles. The van der Waals surface area contributed by atoms with Crippen LogP contribution in [0.2, 0.25) is 0 Å². The van der Waals surface area contributed by atoms with Crippen molar-refractivity contribution in [1.29, 1.82) is 0 Å². The lowest BCUT2D eigenvalue weighted by atomic mass is 10.1. The summed E-state index contributed by atoms with van der Waals surface area (Å²) in [5.41, 5.74) is 4.77. The van der Waals surface area contributed by atoms with Crippen LogP contribution in [0.3, 0.4) is 0 Å². The summed E-state index contributed by atoms with van der Waals surface area (Å²) < 4.78 is 5.57. The monoisotopic (exact) mass is 265 g/mol. The third-order valence-electron chi connectivity index (χ3n) is 3.70. The molecule has 2 heteroatoms. The van der Waals surface area contributed by atoms with Crippen LogP contribution in [0.1, 0.15) is 29.7 Å². The highest BCUT2D eigenvalue weighted by Crippen LogP contribution is 2.21. The molecule has 0 fully saturated rings. The van der Waals surface area contributed by atoms with E-state index in [2.05, 4.69) is 49.5 Å². The predicted molar refractivity (Wildman–Crippen MR) is 82.6 cm³/mol. The maximum Gasteiger partial charge on any atom is 0.134 e. The van der Waals surface area contributed by atoms with Gasteiger partial charge in [-0.15, -0.1) is 0 Å². The predicted octanol–water partition coefficient (Wildman–Crippen LogP) is 4.59. The molecule has 3 aromatic rings. The van der Waals surface area contributed by atoms with E-state index in [0.717, 1.165) is 12.1 Å². The summed E-state index contributed by atoms with van der Waals surface area (Å²) >= 11 is 0. The molecule has 102 valence electrons. The smallest absolute Gasteiger partial charge is 0.134 e. The van der Waals surface area contributed by atoms with Gasteiger partial charge in [0.2, 0.25) is 0 Å². The second-order valence-corrected chi connectivity index (χ2v) is 5.27. The van der Waals surface area contributed by atoms with E-state index in [1.165, 1.54) is 22.1 Å². The van der Waals surface area contributed by atoms with E-state index in [4.69, 9.17) is 4.42 Å². The Balaban J connectivity index is 1.73. The topological polar surface area (TPSA) is 25.2 Å². The molecule has 3 rings (SSSR count). The highest BCUT2D eigenvalue weighted by Gasteiger charge is 2.08. The lowest BCUT2D eigenvalue weighted by molar-refractivity contribution is 0.562. The van der Waals surface area contributed by atoms with E-state index in [1.54, 1.807) is 0 Å². The van der Waals surface area contributed by atoms with Gasteiger partial charge in [-0.25, -0.2) is 0 Å². The minimum Gasteiger partial charge on any atom is -0.464 e. The van der Waals surface area contributed by atoms with Crippen LogP contribution in [0.4, 0.5) is 0 Å². The Labute approximate surface area is 119 Å². The Morgan fingerprint density at radius 2 is 1.95 bits per heavy atom. The summed E-state index contributed by atoms with van der Waals surface area (Å²) in [6, 6.07) is 17.1. The molecule has 0 saturated heterocycles. The van der Waals surface area contributed by atoms with Crippen LogP contribution in [0.15, 0.2) is 59.2 Å². The molecule has 0 bridgehead atoms. The quantitative estimate of drug-likeness (QED) is 0.746. The van der Waals surface area contributed by atoms with E-state index in [9.17, 15) is 0 Å². The molecule has 0 aliphatic rings. The molecule has 0 spiro atoms. The normalized spacial score (nSPS) is 12.7. The van der Waals surface area contributed by atoms with Gasteiger partial charge >= 0.3 is 0 Å². The average molecular weight is 265 g/mol. The van der Waals surface area contributed by atoms with Gasteiger partial charge in [0.05, 0.1) is 6.26 Å². The third-order valence-corrected chi connectivity index (χ3v) is 3.70. The van der Waals surface area contributed by atoms with Gasteiger partial charge in [0, 0.05) is 23.5 Å². The zero-order valence-corrected chi connectivity index (χ0v) is 11.9.